The molecule has 9 nitrogen and oxygen atoms in total. The van der Waals surface area contributed by atoms with Gasteiger partial charge < -0.3 is 19.3 Å². The predicted molar refractivity (Wildman–Crippen MR) is 104 cm³/mol. The second-order valence-corrected chi connectivity index (χ2v) is 6.39. The molecule has 0 amide bonds. The Labute approximate surface area is 171 Å². The lowest BCUT2D eigenvalue weighted by molar-refractivity contribution is -0.742. The Kier molecular flexibility index (Phi) is 6.58. The standard InChI is InChI=1S/C20H18FN3O2.HNO3/c1-14-20(24-11-10-22-13-24)19(17-4-2-3-5-18(17)26-14)23-25-12-15-6-8-16(21)9-7-15;2-1(3)4/h2-11,13-14,20H,12H2,1H3;(H,2,3,4)/b23-19-;. The van der Waals surface area contributed by atoms with Gasteiger partial charge in [0.25, 0.3) is 5.09 Å². The highest BCUT2D eigenvalue weighted by atomic mass is 19.1. The number of imidazole rings is 1. The molecule has 4 rings (SSSR count). The Hall–Kier alpha value is -3.95. The van der Waals surface area contributed by atoms with Crippen molar-refractivity contribution in [2.45, 2.75) is 25.7 Å². The highest BCUT2D eigenvalue weighted by Crippen LogP contribution is 2.34. The average molecular weight is 414 g/mol. The summed E-state index contributed by atoms with van der Waals surface area (Å²) in [4.78, 5) is 18.1. The van der Waals surface area contributed by atoms with Gasteiger partial charge in [-0.05, 0) is 36.8 Å². The van der Waals surface area contributed by atoms with Crippen molar-refractivity contribution in [3.05, 3.63) is 94.3 Å². The molecule has 2 unspecified atom stereocenters. The van der Waals surface area contributed by atoms with Crippen molar-refractivity contribution >= 4 is 5.71 Å². The van der Waals surface area contributed by atoms with Crippen molar-refractivity contribution in [2.75, 3.05) is 0 Å². The van der Waals surface area contributed by atoms with Crippen LogP contribution in [0.15, 0.2) is 72.4 Å². The fourth-order valence-electron chi connectivity index (χ4n) is 3.11. The summed E-state index contributed by atoms with van der Waals surface area (Å²) in [5.74, 6) is 0.507. The minimum Gasteiger partial charge on any atom is -0.487 e. The number of para-hydroxylation sites is 1. The van der Waals surface area contributed by atoms with Crippen LogP contribution in [0.4, 0.5) is 4.39 Å². The smallest absolute Gasteiger partial charge is 0.291 e. The molecular weight excluding hydrogens is 395 g/mol. The van der Waals surface area contributed by atoms with Gasteiger partial charge in [-0.1, -0.05) is 29.4 Å². The summed E-state index contributed by atoms with van der Waals surface area (Å²) in [6.45, 7) is 2.26. The van der Waals surface area contributed by atoms with E-state index in [9.17, 15) is 4.39 Å². The summed E-state index contributed by atoms with van der Waals surface area (Å²) in [7, 11) is 0. The van der Waals surface area contributed by atoms with Crippen LogP contribution in [0.5, 0.6) is 5.75 Å². The number of halogens is 1. The van der Waals surface area contributed by atoms with Gasteiger partial charge in [-0.15, -0.1) is 10.1 Å². The maximum atomic E-state index is 13.0. The maximum absolute atomic E-state index is 13.0. The van der Waals surface area contributed by atoms with E-state index in [-0.39, 0.29) is 24.6 Å². The summed E-state index contributed by atoms with van der Waals surface area (Å²) in [6, 6.07) is 13.8. The van der Waals surface area contributed by atoms with Gasteiger partial charge in [0.15, 0.2) is 0 Å². The molecule has 2 heterocycles. The first-order chi connectivity index (χ1) is 14.5. The van der Waals surface area contributed by atoms with Crippen molar-refractivity contribution < 1.29 is 24.3 Å². The first kappa shape index (κ1) is 20.8. The van der Waals surface area contributed by atoms with Crippen LogP contribution in [0, 0.1) is 15.9 Å². The molecular formula is C20H19FN4O5. The zero-order chi connectivity index (χ0) is 21.5. The molecule has 156 valence electrons. The molecule has 0 saturated carbocycles. The molecule has 10 heteroatoms. The number of ether oxygens (including phenoxy) is 1. The van der Waals surface area contributed by atoms with Gasteiger partial charge in [0.2, 0.25) is 0 Å². The largest absolute Gasteiger partial charge is 0.487 e. The van der Waals surface area contributed by atoms with Crippen LogP contribution in [0.2, 0.25) is 0 Å². The van der Waals surface area contributed by atoms with Crippen molar-refractivity contribution in [3.8, 4) is 5.75 Å². The Morgan fingerprint density at radius 1 is 1.30 bits per heavy atom. The number of rotatable bonds is 4. The van der Waals surface area contributed by atoms with E-state index >= 15 is 0 Å². The highest BCUT2D eigenvalue weighted by molar-refractivity contribution is 6.06. The highest BCUT2D eigenvalue weighted by Gasteiger charge is 2.34. The van der Waals surface area contributed by atoms with E-state index in [1.807, 2.05) is 42.0 Å². The first-order valence-corrected chi connectivity index (χ1v) is 8.96. The Morgan fingerprint density at radius 3 is 2.67 bits per heavy atom. The molecule has 0 spiro atoms. The molecule has 3 aromatic rings. The van der Waals surface area contributed by atoms with E-state index in [1.165, 1.54) is 12.1 Å². The van der Waals surface area contributed by atoms with Gasteiger partial charge >= 0.3 is 0 Å². The van der Waals surface area contributed by atoms with E-state index in [1.54, 1.807) is 24.7 Å². The number of benzene rings is 2. The topological polar surface area (TPSA) is 112 Å². The van der Waals surface area contributed by atoms with E-state index in [2.05, 4.69) is 10.1 Å². The predicted octanol–water partition coefficient (Wildman–Crippen LogP) is 3.62. The molecule has 2 aromatic carbocycles. The number of oxime groups is 1. The van der Waals surface area contributed by atoms with Crippen LogP contribution in [0.3, 0.4) is 0 Å². The van der Waals surface area contributed by atoms with Crippen molar-refractivity contribution in [1.29, 1.82) is 0 Å². The van der Waals surface area contributed by atoms with Crippen molar-refractivity contribution in [1.82, 2.24) is 9.55 Å². The lowest BCUT2D eigenvalue weighted by Crippen LogP contribution is -2.37. The summed E-state index contributed by atoms with van der Waals surface area (Å²) in [5, 5.41) is 18.1. The lowest BCUT2D eigenvalue weighted by atomic mass is 9.95. The number of hydrogen-bond donors (Lipinski definition) is 1. The Bertz CT molecular complexity index is 1000. The molecule has 1 N–H and O–H groups in total. The van der Waals surface area contributed by atoms with Crippen LogP contribution < -0.4 is 4.74 Å². The Balaban J connectivity index is 0.000000589. The van der Waals surface area contributed by atoms with Crippen molar-refractivity contribution in [3.63, 3.8) is 0 Å². The normalized spacial score (nSPS) is 18.5. The third-order valence-electron chi connectivity index (χ3n) is 4.35. The number of fused-ring (bicyclic) bond motifs is 1. The lowest BCUT2D eigenvalue weighted by Gasteiger charge is -2.33. The average Bonchev–Trinajstić information content (AvgIpc) is 3.23. The zero-order valence-electron chi connectivity index (χ0n) is 16.0. The van der Waals surface area contributed by atoms with Crippen LogP contribution in [-0.2, 0) is 11.4 Å². The van der Waals surface area contributed by atoms with Crippen LogP contribution >= 0.6 is 0 Å². The van der Waals surface area contributed by atoms with Crippen LogP contribution in [0.25, 0.3) is 0 Å². The summed E-state index contributed by atoms with van der Waals surface area (Å²) < 4.78 is 21.0. The Morgan fingerprint density at radius 2 is 2.00 bits per heavy atom. The monoisotopic (exact) mass is 414 g/mol. The fraction of sp³-hybridized carbons (Fsp3) is 0.200. The minimum absolute atomic E-state index is 0.132. The third-order valence-corrected chi connectivity index (χ3v) is 4.35. The molecule has 30 heavy (non-hydrogen) atoms. The number of hydrogen-bond acceptors (Lipinski definition) is 6. The van der Waals surface area contributed by atoms with E-state index in [0.717, 1.165) is 22.6 Å². The maximum Gasteiger partial charge on any atom is 0.291 e. The molecule has 0 bridgehead atoms. The fourth-order valence-corrected chi connectivity index (χ4v) is 3.11. The summed E-state index contributed by atoms with van der Waals surface area (Å²) >= 11 is 0. The molecule has 1 aliphatic heterocycles. The molecule has 0 saturated heterocycles. The molecule has 1 aliphatic rings. The van der Waals surface area contributed by atoms with Gasteiger partial charge in [0.1, 0.15) is 36.0 Å². The van der Waals surface area contributed by atoms with Gasteiger partial charge in [0, 0.05) is 18.0 Å². The minimum atomic E-state index is -1.50. The molecule has 1 aromatic heterocycles. The second kappa shape index (κ2) is 9.50. The molecule has 0 aliphatic carbocycles. The number of nitrogens with zero attached hydrogens (tertiary/aromatic N) is 4. The summed E-state index contributed by atoms with van der Waals surface area (Å²) in [6.07, 6.45) is 5.22. The molecule has 0 radical (unpaired) electrons. The van der Waals surface area contributed by atoms with Crippen LogP contribution in [0.1, 0.15) is 24.1 Å². The van der Waals surface area contributed by atoms with Gasteiger partial charge in [-0.3, -0.25) is 0 Å². The number of aromatic nitrogens is 2. The SMILES string of the molecule is CC1Oc2ccccc2/C(=N/OCc2ccc(F)cc2)C1n1ccnc1.O=[N+]([O-])O. The van der Waals surface area contributed by atoms with Gasteiger partial charge in [-0.25, -0.2) is 9.37 Å². The molecule has 0 fully saturated rings. The van der Waals surface area contributed by atoms with E-state index in [4.69, 9.17) is 24.9 Å². The third kappa shape index (κ3) is 5.10. The quantitative estimate of drug-likeness (QED) is 0.515. The first-order valence-electron chi connectivity index (χ1n) is 8.96. The van der Waals surface area contributed by atoms with Crippen molar-refractivity contribution in [2.24, 2.45) is 5.16 Å². The van der Waals surface area contributed by atoms with Crippen LogP contribution in [-0.4, -0.2) is 31.7 Å². The summed E-state index contributed by atoms with van der Waals surface area (Å²) in [5.41, 5.74) is 2.52. The van der Waals surface area contributed by atoms with Gasteiger partial charge in [0.05, 0.1) is 6.33 Å². The van der Waals surface area contributed by atoms with E-state index in [0.29, 0.717) is 0 Å². The second-order valence-electron chi connectivity index (χ2n) is 6.39. The van der Waals surface area contributed by atoms with Gasteiger partial charge in [-0.2, -0.15) is 0 Å². The van der Waals surface area contributed by atoms with E-state index < -0.39 is 5.09 Å². The zero-order valence-corrected chi connectivity index (χ0v) is 16.0. The molecule has 2 atom stereocenters.